The van der Waals surface area contributed by atoms with Crippen LogP contribution in [0.1, 0.15) is 24.8 Å². The van der Waals surface area contributed by atoms with E-state index < -0.39 is 66.7 Å². The number of carboxylic acids is 2. The highest BCUT2D eigenvalue weighted by atomic mass is 16.4. The second kappa shape index (κ2) is 13.4. The van der Waals surface area contributed by atoms with Gasteiger partial charge in [0.05, 0.1) is 19.0 Å². The van der Waals surface area contributed by atoms with E-state index in [0.717, 1.165) is 0 Å². The number of aliphatic carboxylic acids is 2. The van der Waals surface area contributed by atoms with Crippen molar-refractivity contribution in [1.82, 2.24) is 16.0 Å². The van der Waals surface area contributed by atoms with Crippen LogP contribution in [0.15, 0.2) is 24.3 Å². The van der Waals surface area contributed by atoms with Crippen molar-refractivity contribution in [1.29, 1.82) is 0 Å². The number of phenolic OH excluding ortho intramolecular Hbond substituents is 1. The summed E-state index contributed by atoms with van der Waals surface area (Å²) in [7, 11) is 0. The average Bonchev–Trinajstić information content (AvgIpc) is 2.75. The van der Waals surface area contributed by atoms with E-state index in [9.17, 15) is 33.9 Å². The normalized spacial score (nSPS) is 13.1. The Hall–Kier alpha value is -4.20. The highest BCUT2D eigenvalue weighted by Crippen LogP contribution is 2.12. The molecule has 10 N–H and O–H groups in total. The Morgan fingerprint density at radius 1 is 0.912 bits per heavy atom. The summed E-state index contributed by atoms with van der Waals surface area (Å²) in [6.07, 6.45) is -1.19. The van der Waals surface area contributed by atoms with Crippen molar-refractivity contribution < 1.29 is 44.1 Å². The summed E-state index contributed by atoms with van der Waals surface area (Å²) in [5, 5.41) is 34.0. The molecule has 0 aliphatic carbocycles. The van der Waals surface area contributed by atoms with E-state index in [0.29, 0.717) is 5.56 Å². The maximum Gasteiger partial charge on any atom is 0.326 e. The van der Waals surface area contributed by atoms with Crippen LogP contribution in [0.3, 0.4) is 0 Å². The monoisotopic (exact) mass is 481 g/mol. The van der Waals surface area contributed by atoms with Crippen molar-refractivity contribution in [2.45, 2.75) is 43.8 Å². The fourth-order valence-corrected chi connectivity index (χ4v) is 2.70. The topological polar surface area (TPSA) is 251 Å². The number of phenols is 1. The van der Waals surface area contributed by atoms with E-state index in [1.807, 2.05) is 0 Å². The molecule has 3 unspecified atom stereocenters. The van der Waals surface area contributed by atoms with Gasteiger partial charge in [-0.25, -0.2) is 4.79 Å². The number of carbonyl (C=O) groups is 6. The van der Waals surface area contributed by atoms with Crippen LogP contribution in [0.2, 0.25) is 0 Å². The van der Waals surface area contributed by atoms with Crippen LogP contribution in [0.5, 0.6) is 5.75 Å². The molecule has 1 aromatic carbocycles. The van der Waals surface area contributed by atoms with Crippen molar-refractivity contribution in [3.05, 3.63) is 29.8 Å². The van der Waals surface area contributed by atoms with E-state index in [1.165, 1.54) is 24.3 Å². The summed E-state index contributed by atoms with van der Waals surface area (Å²) >= 11 is 0. The minimum atomic E-state index is -1.74. The zero-order valence-electron chi connectivity index (χ0n) is 18.0. The summed E-state index contributed by atoms with van der Waals surface area (Å²) in [6, 6.07) is 1.43. The van der Waals surface area contributed by atoms with Gasteiger partial charge in [-0.3, -0.25) is 24.0 Å². The number of hydrogen-bond acceptors (Lipinski definition) is 8. The number of amides is 4. The number of benzene rings is 1. The van der Waals surface area contributed by atoms with Gasteiger partial charge in [0, 0.05) is 12.8 Å². The predicted octanol–water partition coefficient (Wildman–Crippen LogP) is -2.83. The van der Waals surface area contributed by atoms with Crippen LogP contribution in [0.25, 0.3) is 0 Å². The number of hydrogen-bond donors (Lipinski definition) is 8. The van der Waals surface area contributed by atoms with Crippen molar-refractivity contribution in [2.75, 3.05) is 6.54 Å². The lowest BCUT2D eigenvalue weighted by molar-refractivity contribution is -0.147. The minimum Gasteiger partial charge on any atom is -0.508 e. The zero-order valence-corrected chi connectivity index (χ0v) is 18.0. The number of primary amides is 1. The first-order valence-electron chi connectivity index (χ1n) is 10.0. The Labute approximate surface area is 193 Å². The van der Waals surface area contributed by atoms with Gasteiger partial charge in [-0.2, -0.15) is 0 Å². The van der Waals surface area contributed by atoms with E-state index in [4.69, 9.17) is 21.7 Å². The molecule has 34 heavy (non-hydrogen) atoms. The van der Waals surface area contributed by atoms with Crippen LogP contribution < -0.4 is 27.4 Å². The molecule has 0 aliphatic rings. The fourth-order valence-electron chi connectivity index (χ4n) is 2.70. The highest BCUT2D eigenvalue weighted by Gasteiger charge is 2.28. The molecule has 0 saturated heterocycles. The fraction of sp³-hybridized carbons (Fsp3) is 0.400. The Kier molecular flexibility index (Phi) is 10.9. The van der Waals surface area contributed by atoms with Crippen LogP contribution in [0, 0.1) is 0 Å². The SMILES string of the molecule is NC(=O)CCC(N)C(=O)NCC(=O)NC(Cc1ccc(O)cc1)C(=O)NC(CC(=O)O)C(=O)O. The maximum atomic E-state index is 12.7. The molecule has 3 atom stereocenters. The zero-order chi connectivity index (χ0) is 25.8. The molecule has 4 amide bonds. The molecular weight excluding hydrogens is 454 g/mol. The third kappa shape index (κ3) is 10.4. The summed E-state index contributed by atoms with van der Waals surface area (Å²) in [4.78, 5) is 69.8. The molecular formula is C20H27N5O9. The molecule has 0 saturated carbocycles. The number of aromatic hydroxyl groups is 1. The third-order valence-corrected chi connectivity index (χ3v) is 4.48. The van der Waals surface area contributed by atoms with Crippen LogP contribution in [-0.2, 0) is 35.2 Å². The van der Waals surface area contributed by atoms with Gasteiger partial charge in [0.2, 0.25) is 23.6 Å². The lowest BCUT2D eigenvalue weighted by Gasteiger charge is -2.21. The highest BCUT2D eigenvalue weighted by molar-refractivity contribution is 5.93. The third-order valence-electron chi connectivity index (χ3n) is 4.48. The largest absolute Gasteiger partial charge is 0.508 e. The van der Waals surface area contributed by atoms with Crippen molar-refractivity contribution in [2.24, 2.45) is 11.5 Å². The predicted molar refractivity (Wildman–Crippen MR) is 115 cm³/mol. The first-order valence-corrected chi connectivity index (χ1v) is 10.0. The number of nitrogens with two attached hydrogens (primary N) is 2. The molecule has 1 rings (SSSR count). The Bertz CT molecular complexity index is 920. The minimum absolute atomic E-state index is 0.0329. The van der Waals surface area contributed by atoms with Gasteiger partial charge in [0.1, 0.15) is 17.8 Å². The smallest absolute Gasteiger partial charge is 0.326 e. The molecule has 186 valence electrons. The van der Waals surface area contributed by atoms with Gasteiger partial charge in [-0.1, -0.05) is 12.1 Å². The lowest BCUT2D eigenvalue weighted by Crippen LogP contribution is -2.54. The molecule has 0 aliphatic heterocycles. The molecule has 0 fully saturated rings. The van der Waals surface area contributed by atoms with E-state index in [1.54, 1.807) is 0 Å². The van der Waals surface area contributed by atoms with Gasteiger partial charge < -0.3 is 42.7 Å². The number of carbonyl (C=O) groups excluding carboxylic acids is 4. The molecule has 0 radical (unpaired) electrons. The molecule has 14 heteroatoms. The lowest BCUT2D eigenvalue weighted by atomic mass is 10.0. The van der Waals surface area contributed by atoms with Gasteiger partial charge in [0.25, 0.3) is 0 Å². The molecule has 1 aromatic rings. The average molecular weight is 481 g/mol. The first kappa shape index (κ1) is 27.8. The Morgan fingerprint density at radius 3 is 2.06 bits per heavy atom. The summed E-state index contributed by atoms with van der Waals surface area (Å²) in [5.41, 5.74) is 11.1. The number of rotatable bonds is 14. The molecule has 0 spiro atoms. The second-order valence-corrected chi connectivity index (χ2v) is 7.32. The summed E-state index contributed by atoms with van der Waals surface area (Å²) in [5.74, 6) is -6.25. The van der Waals surface area contributed by atoms with E-state index in [-0.39, 0.29) is 25.0 Å². The van der Waals surface area contributed by atoms with E-state index in [2.05, 4.69) is 16.0 Å². The van der Waals surface area contributed by atoms with Crippen LogP contribution >= 0.6 is 0 Å². The second-order valence-electron chi connectivity index (χ2n) is 7.32. The first-order chi connectivity index (χ1) is 15.9. The summed E-state index contributed by atoms with van der Waals surface area (Å²) in [6.45, 7) is -0.583. The van der Waals surface area contributed by atoms with Crippen LogP contribution in [-0.4, -0.2) is 75.6 Å². The van der Waals surface area contributed by atoms with Crippen LogP contribution in [0.4, 0.5) is 0 Å². The maximum absolute atomic E-state index is 12.7. The van der Waals surface area contributed by atoms with E-state index >= 15 is 0 Å². The summed E-state index contributed by atoms with van der Waals surface area (Å²) < 4.78 is 0. The molecule has 0 bridgehead atoms. The molecule has 0 aromatic heterocycles. The van der Waals surface area contributed by atoms with Gasteiger partial charge >= 0.3 is 11.9 Å². The standard InChI is InChI=1S/C20H27N5O9/c21-12(5-6-15(22)27)18(31)23-9-16(28)24-13(7-10-1-3-11(26)4-2-10)19(32)25-14(20(33)34)8-17(29)30/h1-4,12-14,26H,5-9,21H2,(H2,22,27)(H,23,31)(H,24,28)(H,25,32)(H,29,30)(H,33,34). The molecule has 14 nitrogen and oxygen atoms in total. The van der Waals surface area contributed by atoms with Crippen molar-refractivity contribution >= 4 is 35.6 Å². The Balaban J connectivity index is 2.86. The van der Waals surface area contributed by atoms with Crippen molar-refractivity contribution in [3.8, 4) is 5.75 Å². The number of carboxylic acid groups (broad SMARTS) is 2. The van der Waals surface area contributed by atoms with Gasteiger partial charge in [0.15, 0.2) is 0 Å². The van der Waals surface area contributed by atoms with Crippen molar-refractivity contribution in [3.63, 3.8) is 0 Å². The van der Waals surface area contributed by atoms with Gasteiger partial charge in [-0.15, -0.1) is 0 Å². The number of nitrogens with one attached hydrogen (secondary N) is 3. The molecule has 0 heterocycles. The quantitative estimate of drug-likeness (QED) is 0.135. The Morgan fingerprint density at radius 2 is 1.53 bits per heavy atom. The van der Waals surface area contributed by atoms with Gasteiger partial charge in [-0.05, 0) is 24.1 Å².